The van der Waals surface area contributed by atoms with Crippen molar-refractivity contribution in [3.8, 4) is 0 Å². The molecular weight excluding hydrogens is 427 g/mol. The standard InChI is InChI=1S/C21H20F3N5OS/c1-3-16-26-27-20-29(16)28-17(13-9-7-12(2)8-10-13)18(31-20)19(30)25-15-6-4-5-14(11-15)21(22,23)24/h4-11,17-18,28H,3H2,1-2H3,(H,25,30)/t17-,18+/m0/s1. The van der Waals surface area contributed by atoms with Gasteiger partial charge in [-0.15, -0.1) is 10.2 Å². The van der Waals surface area contributed by atoms with E-state index >= 15 is 0 Å². The minimum absolute atomic E-state index is 0.0874. The lowest BCUT2D eigenvalue weighted by atomic mass is 10.0. The molecular formula is C21H20F3N5OS. The Kier molecular flexibility index (Phi) is 5.65. The average Bonchev–Trinajstić information content (AvgIpc) is 3.15. The molecule has 10 heteroatoms. The van der Waals surface area contributed by atoms with Crippen molar-refractivity contribution in [3.63, 3.8) is 0 Å². The molecule has 2 aromatic carbocycles. The number of amides is 1. The number of aromatic nitrogens is 3. The molecule has 0 radical (unpaired) electrons. The number of alkyl halides is 3. The first-order valence-corrected chi connectivity index (χ1v) is 10.6. The molecule has 1 aliphatic rings. The third kappa shape index (κ3) is 4.39. The summed E-state index contributed by atoms with van der Waals surface area (Å²) in [6.07, 6.45) is -3.83. The molecule has 3 aromatic rings. The van der Waals surface area contributed by atoms with Crippen LogP contribution in [0.4, 0.5) is 18.9 Å². The van der Waals surface area contributed by atoms with E-state index in [0.29, 0.717) is 11.6 Å². The molecule has 2 heterocycles. The van der Waals surface area contributed by atoms with Gasteiger partial charge in [0, 0.05) is 12.1 Å². The van der Waals surface area contributed by atoms with Gasteiger partial charge in [0.25, 0.3) is 0 Å². The van der Waals surface area contributed by atoms with Gasteiger partial charge in [-0.25, -0.2) is 4.68 Å². The Morgan fingerprint density at radius 3 is 2.61 bits per heavy atom. The topological polar surface area (TPSA) is 71.8 Å². The van der Waals surface area contributed by atoms with Crippen molar-refractivity contribution >= 4 is 23.4 Å². The molecule has 1 amide bonds. The average molecular weight is 447 g/mol. The number of hydrogen-bond acceptors (Lipinski definition) is 5. The van der Waals surface area contributed by atoms with Crippen LogP contribution in [0.2, 0.25) is 0 Å². The fourth-order valence-corrected chi connectivity index (χ4v) is 4.44. The van der Waals surface area contributed by atoms with Crippen molar-refractivity contribution in [1.82, 2.24) is 14.9 Å². The normalized spacial score (nSPS) is 18.2. The van der Waals surface area contributed by atoms with Crippen molar-refractivity contribution in [1.29, 1.82) is 0 Å². The van der Waals surface area contributed by atoms with E-state index in [0.717, 1.165) is 29.1 Å². The zero-order valence-electron chi connectivity index (χ0n) is 16.8. The van der Waals surface area contributed by atoms with Gasteiger partial charge in [0.05, 0.1) is 11.6 Å². The minimum atomic E-state index is -4.49. The van der Waals surface area contributed by atoms with Crippen molar-refractivity contribution in [2.75, 3.05) is 10.7 Å². The summed E-state index contributed by atoms with van der Waals surface area (Å²) in [7, 11) is 0. The summed E-state index contributed by atoms with van der Waals surface area (Å²) in [5, 5.41) is 10.8. The summed E-state index contributed by atoms with van der Waals surface area (Å²) in [5.74, 6) is 0.311. The first-order chi connectivity index (χ1) is 14.8. The highest BCUT2D eigenvalue weighted by atomic mass is 32.2. The van der Waals surface area contributed by atoms with E-state index in [4.69, 9.17) is 0 Å². The second kappa shape index (κ2) is 8.26. The van der Waals surface area contributed by atoms with E-state index in [1.165, 1.54) is 23.9 Å². The largest absolute Gasteiger partial charge is 0.416 e. The first-order valence-electron chi connectivity index (χ1n) is 9.68. The molecule has 0 saturated heterocycles. The van der Waals surface area contributed by atoms with Crippen LogP contribution in [0.1, 0.15) is 35.5 Å². The SMILES string of the molecule is CCc1nnc2n1N[C@@H](c1ccc(C)cc1)[C@H](C(=O)Nc1cccc(C(F)(F)F)c1)S2. The maximum Gasteiger partial charge on any atom is 0.416 e. The highest BCUT2D eigenvalue weighted by Gasteiger charge is 2.38. The van der Waals surface area contributed by atoms with Gasteiger partial charge in [-0.2, -0.15) is 13.2 Å². The number of anilines is 1. The third-order valence-corrected chi connectivity index (χ3v) is 6.19. The van der Waals surface area contributed by atoms with Crippen molar-refractivity contribution in [2.24, 2.45) is 0 Å². The fourth-order valence-electron chi connectivity index (χ4n) is 3.34. The number of aryl methyl sites for hydroxylation is 2. The van der Waals surface area contributed by atoms with E-state index in [-0.39, 0.29) is 5.69 Å². The van der Waals surface area contributed by atoms with Crippen molar-refractivity contribution < 1.29 is 18.0 Å². The van der Waals surface area contributed by atoms with Gasteiger partial charge in [-0.05, 0) is 30.7 Å². The summed E-state index contributed by atoms with van der Waals surface area (Å²) in [5.41, 5.74) is 4.54. The van der Waals surface area contributed by atoms with Gasteiger partial charge in [0.15, 0.2) is 5.82 Å². The number of carbonyl (C=O) groups is 1. The highest BCUT2D eigenvalue weighted by molar-refractivity contribution is 8.00. The summed E-state index contributed by atoms with van der Waals surface area (Å²) in [6, 6.07) is 11.9. The molecule has 0 saturated carbocycles. The van der Waals surface area contributed by atoms with Crippen LogP contribution in [0, 0.1) is 6.92 Å². The number of benzene rings is 2. The molecule has 1 aromatic heterocycles. The van der Waals surface area contributed by atoms with Gasteiger partial charge in [0.2, 0.25) is 11.1 Å². The van der Waals surface area contributed by atoms with Gasteiger partial charge in [-0.1, -0.05) is 54.6 Å². The molecule has 0 bridgehead atoms. The van der Waals surface area contributed by atoms with Crippen LogP contribution < -0.4 is 10.7 Å². The van der Waals surface area contributed by atoms with Crippen LogP contribution in [0.25, 0.3) is 0 Å². The number of rotatable bonds is 4. The molecule has 6 nitrogen and oxygen atoms in total. The van der Waals surface area contributed by atoms with Crippen LogP contribution in [-0.2, 0) is 17.4 Å². The van der Waals surface area contributed by atoms with Crippen molar-refractivity contribution in [2.45, 2.75) is 42.9 Å². The lowest BCUT2D eigenvalue weighted by Crippen LogP contribution is -2.41. The van der Waals surface area contributed by atoms with Crippen LogP contribution in [0.3, 0.4) is 0 Å². The predicted molar refractivity (Wildman–Crippen MR) is 112 cm³/mol. The molecule has 4 rings (SSSR count). The Balaban J connectivity index is 1.65. The van der Waals surface area contributed by atoms with E-state index in [1.54, 1.807) is 4.68 Å². The molecule has 0 spiro atoms. The Bertz CT molecular complexity index is 1100. The molecule has 31 heavy (non-hydrogen) atoms. The molecule has 0 unspecified atom stereocenters. The smallest absolute Gasteiger partial charge is 0.325 e. The molecule has 2 N–H and O–H groups in total. The Hall–Kier alpha value is -3.01. The summed E-state index contributed by atoms with van der Waals surface area (Å²) in [4.78, 5) is 13.2. The van der Waals surface area contributed by atoms with Gasteiger partial charge >= 0.3 is 6.18 Å². The predicted octanol–water partition coefficient (Wildman–Crippen LogP) is 4.57. The zero-order valence-corrected chi connectivity index (χ0v) is 17.6. The Labute approximate surface area is 181 Å². The second-order valence-corrected chi connectivity index (χ2v) is 8.32. The third-order valence-electron chi connectivity index (χ3n) is 4.97. The van der Waals surface area contributed by atoms with Crippen molar-refractivity contribution in [3.05, 3.63) is 71.0 Å². The second-order valence-electron chi connectivity index (χ2n) is 7.21. The van der Waals surface area contributed by atoms with E-state index in [2.05, 4.69) is 20.9 Å². The maximum absolute atomic E-state index is 13.2. The number of halogens is 3. The Morgan fingerprint density at radius 1 is 1.19 bits per heavy atom. The number of thioether (sulfide) groups is 1. The first kappa shape index (κ1) is 21.2. The Morgan fingerprint density at radius 2 is 1.94 bits per heavy atom. The monoisotopic (exact) mass is 447 g/mol. The molecule has 162 valence electrons. The van der Waals surface area contributed by atoms with Gasteiger partial charge in [-0.3, -0.25) is 4.79 Å². The molecule has 0 fully saturated rings. The molecule has 1 aliphatic heterocycles. The minimum Gasteiger partial charge on any atom is -0.325 e. The molecule has 0 aliphatic carbocycles. The van der Waals surface area contributed by atoms with Crippen LogP contribution in [0.5, 0.6) is 0 Å². The van der Waals surface area contributed by atoms with Gasteiger partial charge < -0.3 is 10.7 Å². The van der Waals surface area contributed by atoms with Crippen LogP contribution >= 0.6 is 11.8 Å². The van der Waals surface area contributed by atoms with Crippen LogP contribution in [-0.4, -0.2) is 26.0 Å². The van der Waals surface area contributed by atoms with E-state index in [9.17, 15) is 18.0 Å². The van der Waals surface area contributed by atoms with Gasteiger partial charge in [0.1, 0.15) is 5.25 Å². The highest BCUT2D eigenvalue weighted by Crippen LogP contribution is 2.38. The number of hydrogen-bond donors (Lipinski definition) is 2. The van der Waals surface area contributed by atoms with E-state index in [1.807, 2.05) is 38.1 Å². The molecule has 2 atom stereocenters. The van der Waals surface area contributed by atoms with Crippen LogP contribution in [0.15, 0.2) is 53.7 Å². The number of carbonyl (C=O) groups excluding carboxylic acids is 1. The lowest BCUT2D eigenvalue weighted by molar-refractivity contribution is -0.137. The number of nitrogens with one attached hydrogen (secondary N) is 2. The number of fused-ring (bicyclic) bond motifs is 1. The summed E-state index contributed by atoms with van der Waals surface area (Å²) >= 11 is 1.23. The maximum atomic E-state index is 13.2. The van der Waals surface area contributed by atoms with E-state index < -0.39 is 28.9 Å². The fraction of sp³-hybridized carbons (Fsp3) is 0.286. The zero-order chi connectivity index (χ0) is 22.2. The summed E-state index contributed by atoms with van der Waals surface area (Å²) < 4.78 is 40.9. The lowest BCUT2D eigenvalue weighted by Gasteiger charge is -2.33. The quantitative estimate of drug-likeness (QED) is 0.613. The number of nitrogens with zero attached hydrogens (tertiary/aromatic N) is 3. The summed E-state index contributed by atoms with van der Waals surface area (Å²) in [6.45, 7) is 3.93.